The summed E-state index contributed by atoms with van der Waals surface area (Å²) >= 11 is 1.67. The highest BCUT2D eigenvalue weighted by Gasteiger charge is 2.21. The molecular weight excluding hydrogens is 316 g/mol. The van der Waals surface area contributed by atoms with Gasteiger partial charge in [0.1, 0.15) is 0 Å². The Morgan fingerprint density at radius 2 is 2.12 bits per heavy atom. The van der Waals surface area contributed by atoms with Gasteiger partial charge in [-0.2, -0.15) is 0 Å². The molecule has 0 spiro atoms. The van der Waals surface area contributed by atoms with Crippen LogP contribution in [-0.4, -0.2) is 39.1 Å². The molecular formula is C19H22N4S. The number of hydrogen-bond acceptors (Lipinski definition) is 4. The molecule has 1 unspecified atom stereocenters. The number of imidazole rings is 1. The van der Waals surface area contributed by atoms with E-state index >= 15 is 0 Å². The predicted molar refractivity (Wildman–Crippen MR) is 99.0 cm³/mol. The van der Waals surface area contributed by atoms with Crippen LogP contribution in [0.3, 0.4) is 0 Å². The van der Waals surface area contributed by atoms with Gasteiger partial charge in [0.15, 0.2) is 10.8 Å². The monoisotopic (exact) mass is 338 g/mol. The molecule has 124 valence electrons. The SMILES string of the molecule is CN1CCCC1CCn1ccnc1-c1nc(-c2ccccc2)cs1. The Morgan fingerprint density at radius 3 is 2.92 bits per heavy atom. The zero-order chi connectivity index (χ0) is 16.4. The molecule has 4 rings (SSSR count). The van der Waals surface area contributed by atoms with Crippen LogP contribution in [0, 0.1) is 0 Å². The number of rotatable bonds is 5. The molecule has 1 fully saturated rings. The van der Waals surface area contributed by atoms with Crippen molar-refractivity contribution in [1.82, 2.24) is 19.4 Å². The van der Waals surface area contributed by atoms with E-state index in [1.165, 1.54) is 25.8 Å². The second kappa shape index (κ2) is 6.87. The van der Waals surface area contributed by atoms with E-state index in [0.29, 0.717) is 6.04 Å². The fourth-order valence-electron chi connectivity index (χ4n) is 3.44. The largest absolute Gasteiger partial charge is 0.329 e. The van der Waals surface area contributed by atoms with Crippen molar-refractivity contribution in [3.05, 3.63) is 48.1 Å². The number of aromatic nitrogens is 3. The molecule has 0 amide bonds. The van der Waals surface area contributed by atoms with Gasteiger partial charge in [-0.15, -0.1) is 11.3 Å². The minimum absolute atomic E-state index is 0.705. The van der Waals surface area contributed by atoms with Crippen LogP contribution in [0.25, 0.3) is 22.1 Å². The average Bonchev–Trinajstić information content (AvgIpc) is 3.34. The third kappa shape index (κ3) is 3.14. The molecule has 2 aromatic heterocycles. The summed E-state index contributed by atoms with van der Waals surface area (Å²) in [6, 6.07) is 11.0. The van der Waals surface area contributed by atoms with Crippen LogP contribution in [0.4, 0.5) is 0 Å². The van der Waals surface area contributed by atoms with Crippen molar-refractivity contribution >= 4 is 11.3 Å². The van der Waals surface area contributed by atoms with Gasteiger partial charge < -0.3 is 9.47 Å². The summed E-state index contributed by atoms with van der Waals surface area (Å²) in [5.74, 6) is 0.989. The summed E-state index contributed by atoms with van der Waals surface area (Å²) in [5.41, 5.74) is 2.19. The quantitative estimate of drug-likeness (QED) is 0.700. The minimum Gasteiger partial charge on any atom is -0.329 e. The first-order valence-corrected chi connectivity index (χ1v) is 9.42. The Hall–Kier alpha value is -1.98. The molecule has 3 heterocycles. The number of hydrogen-bond donors (Lipinski definition) is 0. The predicted octanol–water partition coefficient (Wildman–Crippen LogP) is 4.16. The number of nitrogens with zero attached hydrogens (tertiary/aromatic N) is 4. The first-order chi connectivity index (χ1) is 11.8. The fourth-order valence-corrected chi connectivity index (χ4v) is 4.28. The minimum atomic E-state index is 0.705. The molecule has 0 bridgehead atoms. The molecule has 0 N–H and O–H groups in total. The Morgan fingerprint density at radius 1 is 1.25 bits per heavy atom. The molecule has 1 aromatic carbocycles. The second-order valence-electron chi connectivity index (χ2n) is 6.41. The maximum absolute atomic E-state index is 4.80. The Kier molecular flexibility index (Phi) is 4.45. The summed E-state index contributed by atoms with van der Waals surface area (Å²) in [4.78, 5) is 11.8. The molecule has 1 saturated heterocycles. The fraction of sp³-hybridized carbons (Fsp3) is 0.368. The highest BCUT2D eigenvalue weighted by Crippen LogP contribution is 2.28. The van der Waals surface area contributed by atoms with Crippen LogP contribution in [0.5, 0.6) is 0 Å². The van der Waals surface area contributed by atoms with Crippen molar-refractivity contribution in [1.29, 1.82) is 0 Å². The van der Waals surface area contributed by atoms with Crippen LogP contribution < -0.4 is 0 Å². The van der Waals surface area contributed by atoms with Gasteiger partial charge in [-0.3, -0.25) is 0 Å². The Balaban J connectivity index is 1.51. The molecule has 3 aromatic rings. The van der Waals surface area contributed by atoms with Crippen molar-refractivity contribution in [2.75, 3.05) is 13.6 Å². The molecule has 1 aliphatic heterocycles. The van der Waals surface area contributed by atoms with Crippen molar-refractivity contribution < 1.29 is 0 Å². The smallest absolute Gasteiger partial charge is 0.169 e. The molecule has 0 aliphatic carbocycles. The second-order valence-corrected chi connectivity index (χ2v) is 7.27. The van der Waals surface area contributed by atoms with Crippen molar-refractivity contribution in [2.45, 2.75) is 31.8 Å². The van der Waals surface area contributed by atoms with Gasteiger partial charge in [-0.25, -0.2) is 9.97 Å². The van der Waals surface area contributed by atoms with Gasteiger partial charge in [0, 0.05) is 35.9 Å². The zero-order valence-corrected chi connectivity index (χ0v) is 14.7. The van der Waals surface area contributed by atoms with E-state index in [0.717, 1.165) is 28.6 Å². The lowest BCUT2D eigenvalue weighted by molar-refractivity contribution is 0.286. The first kappa shape index (κ1) is 15.5. The van der Waals surface area contributed by atoms with Crippen LogP contribution in [0.2, 0.25) is 0 Å². The van der Waals surface area contributed by atoms with Crippen LogP contribution in [0.1, 0.15) is 19.3 Å². The topological polar surface area (TPSA) is 34.0 Å². The third-order valence-corrected chi connectivity index (χ3v) is 5.69. The van der Waals surface area contributed by atoms with Gasteiger partial charge in [0.05, 0.1) is 5.69 Å². The molecule has 0 radical (unpaired) electrons. The van der Waals surface area contributed by atoms with Crippen LogP contribution in [0.15, 0.2) is 48.1 Å². The lowest BCUT2D eigenvalue weighted by atomic mass is 10.1. The molecule has 5 heteroatoms. The van der Waals surface area contributed by atoms with E-state index in [1.54, 1.807) is 11.3 Å². The normalized spacial score (nSPS) is 18.3. The van der Waals surface area contributed by atoms with E-state index in [2.05, 4.69) is 45.2 Å². The maximum atomic E-state index is 4.80. The van der Waals surface area contributed by atoms with E-state index in [1.807, 2.05) is 24.4 Å². The zero-order valence-electron chi connectivity index (χ0n) is 13.9. The van der Waals surface area contributed by atoms with E-state index in [9.17, 15) is 0 Å². The van der Waals surface area contributed by atoms with Gasteiger partial charge in [-0.1, -0.05) is 30.3 Å². The number of benzene rings is 1. The summed E-state index contributed by atoms with van der Waals surface area (Å²) in [6.45, 7) is 2.24. The lowest BCUT2D eigenvalue weighted by Gasteiger charge is -2.19. The van der Waals surface area contributed by atoms with Crippen molar-refractivity contribution in [2.24, 2.45) is 0 Å². The van der Waals surface area contributed by atoms with Crippen LogP contribution in [-0.2, 0) is 6.54 Å². The Labute approximate surface area is 146 Å². The highest BCUT2D eigenvalue weighted by molar-refractivity contribution is 7.13. The van der Waals surface area contributed by atoms with Crippen molar-refractivity contribution in [3.8, 4) is 22.1 Å². The lowest BCUT2D eigenvalue weighted by Crippen LogP contribution is -2.26. The number of thiazole rings is 1. The van der Waals surface area contributed by atoms with Crippen LogP contribution >= 0.6 is 11.3 Å². The van der Waals surface area contributed by atoms with Crippen molar-refractivity contribution in [3.63, 3.8) is 0 Å². The van der Waals surface area contributed by atoms with E-state index in [-0.39, 0.29) is 0 Å². The third-order valence-electron chi connectivity index (χ3n) is 4.86. The standard InChI is InChI=1S/C19H22N4S/c1-22-11-5-8-16(22)9-12-23-13-10-20-18(23)19-21-17(14-24-19)15-6-3-2-4-7-15/h2-4,6-7,10,13-14,16H,5,8-9,11-12H2,1H3. The summed E-state index contributed by atoms with van der Waals surface area (Å²) in [6.07, 6.45) is 7.78. The van der Waals surface area contributed by atoms with Gasteiger partial charge in [0.2, 0.25) is 0 Å². The first-order valence-electron chi connectivity index (χ1n) is 8.54. The van der Waals surface area contributed by atoms with E-state index in [4.69, 9.17) is 4.98 Å². The summed E-state index contributed by atoms with van der Waals surface area (Å²) in [5, 5.41) is 3.12. The summed E-state index contributed by atoms with van der Waals surface area (Å²) < 4.78 is 2.25. The molecule has 4 nitrogen and oxygen atoms in total. The average molecular weight is 338 g/mol. The molecule has 1 aliphatic rings. The van der Waals surface area contributed by atoms with Gasteiger partial charge in [-0.05, 0) is 32.9 Å². The molecule has 0 saturated carbocycles. The van der Waals surface area contributed by atoms with Gasteiger partial charge >= 0.3 is 0 Å². The Bertz CT molecular complexity index is 793. The maximum Gasteiger partial charge on any atom is 0.169 e. The molecule has 1 atom stereocenters. The number of likely N-dealkylation sites (tertiary alicyclic amines) is 1. The van der Waals surface area contributed by atoms with Gasteiger partial charge in [0.25, 0.3) is 0 Å². The summed E-state index contributed by atoms with van der Waals surface area (Å²) in [7, 11) is 2.24. The number of aryl methyl sites for hydroxylation is 1. The van der Waals surface area contributed by atoms with E-state index < -0.39 is 0 Å². The molecule has 24 heavy (non-hydrogen) atoms. The highest BCUT2D eigenvalue weighted by atomic mass is 32.1.